The fourth-order valence-electron chi connectivity index (χ4n) is 3.07. The Hall–Kier alpha value is -2.27. The highest BCUT2D eigenvalue weighted by Gasteiger charge is 2.13. The van der Waals surface area contributed by atoms with Crippen LogP contribution in [0.15, 0.2) is 60.7 Å². The number of ether oxygens (including phenoxy) is 2. The van der Waals surface area contributed by atoms with E-state index in [1.54, 1.807) is 24.3 Å². The Morgan fingerprint density at radius 2 is 1.70 bits per heavy atom. The molecule has 0 fully saturated rings. The molecular weight excluding hydrogens is 424 g/mol. The van der Waals surface area contributed by atoms with Crippen LogP contribution in [-0.4, -0.2) is 13.2 Å². The summed E-state index contributed by atoms with van der Waals surface area (Å²) in [5.74, 6) is 1.17. The van der Waals surface area contributed by atoms with Gasteiger partial charge in [-0.05, 0) is 49.7 Å². The molecule has 3 aromatic rings. The highest BCUT2D eigenvalue weighted by molar-refractivity contribution is 6.35. The molecule has 3 nitrogen and oxygen atoms in total. The van der Waals surface area contributed by atoms with Crippen LogP contribution >= 0.6 is 23.2 Å². The Bertz CT molecular complexity index is 981. The first-order valence-corrected chi connectivity index (χ1v) is 10.6. The third-order valence-electron chi connectivity index (χ3n) is 4.59. The summed E-state index contributed by atoms with van der Waals surface area (Å²) in [7, 11) is 0. The van der Waals surface area contributed by atoms with Gasteiger partial charge in [0.05, 0.1) is 6.61 Å². The van der Waals surface area contributed by atoms with E-state index < -0.39 is 0 Å². The van der Waals surface area contributed by atoms with E-state index in [4.69, 9.17) is 32.7 Å². The number of hydrogen-bond donors (Lipinski definition) is 1. The Balaban J connectivity index is 1.67. The number of rotatable bonds is 10. The van der Waals surface area contributed by atoms with Crippen molar-refractivity contribution < 1.29 is 13.9 Å². The second kappa shape index (κ2) is 11.2. The molecule has 3 rings (SSSR count). The topological polar surface area (TPSA) is 30.5 Å². The van der Waals surface area contributed by atoms with E-state index in [-0.39, 0.29) is 5.82 Å². The van der Waals surface area contributed by atoms with Gasteiger partial charge in [0, 0.05) is 27.7 Å². The van der Waals surface area contributed by atoms with E-state index in [0.29, 0.717) is 59.8 Å². The number of halogens is 3. The largest absolute Gasteiger partial charge is 0.490 e. The molecule has 3 aromatic carbocycles. The SMILES string of the molecule is CCOc1cccc(CNCCc2ccccc2F)c1OCc1ccc(Cl)cc1Cl. The zero-order valence-corrected chi connectivity index (χ0v) is 18.3. The van der Waals surface area contributed by atoms with Gasteiger partial charge in [0.25, 0.3) is 0 Å². The quantitative estimate of drug-likeness (QED) is 0.362. The average Bonchev–Trinajstić information content (AvgIpc) is 2.73. The smallest absolute Gasteiger partial charge is 0.166 e. The van der Waals surface area contributed by atoms with Crippen molar-refractivity contribution in [2.75, 3.05) is 13.2 Å². The number of benzene rings is 3. The monoisotopic (exact) mass is 447 g/mol. The van der Waals surface area contributed by atoms with Crippen molar-refractivity contribution in [3.05, 3.63) is 93.2 Å². The van der Waals surface area contributed by atoms with Gasteiger partial charge in [-0.1, -0.05) is 59.6 Å². The van der Waals surface area contributed by atoms with Gasteiger partial charge in [-0.15, -0.1) is 0 Å². The van der Waals surface area contributed by atoms with Gasteiger partial charge in [-0.2, -0.15) is 0 Å². The molecule has 0 radical (unpaired) electrons. The van der Waals surface area contributed by atoms with Crippen LogP contribution < -0.4 is 14.8 Å². The first-order chi connectivity index (χ1) is 14.6. The summed E-state index contributed by atoms with van der Waals surface area (Å²) >= 11 is 12.2. The summed E-state index contributed by atoms with van der Waals surface area (Å²) in [6.45, 7) is 3.96. The van der Waals surface area contributed by atoms with Crippen LogP contribution in [0.2, 0.25) is 10.0 Å². The van der Waals surface area contributed by atoms with E-state index in [2.05, 4.69) is 5.32 Å². The van der Waals surface area contributed by atoms with Gasteiger partial charge in [-0.25, -0.2) is 4.39 Å². The van der Waals surface area contributed by atoms with Crippen LogP contribution in [0.5, 0.6) is 11.5 Å². The second-order valence-corrected chi connectivity index (χ2v) is 7.56. The number of nitrogens with one attached hydrogen (secondary N) is 1. The fraction of sp³-hybridized carbons (Fsp3) is 0.250. The normalized spacial score (nSPS) is 10.8. The summed E-state index contributed by atoms with van der Waals surface area (Å²) in [6, 6.07) is 17.9. The molecule has 0 aliphatic heterocycles. The molecule has 158 valence electrons. The van der Waals surface area contributed by atoms with Gasteiger partial charge >= 0.3 is 0 Å². The Morgan fingerprint density at radius 3 is 2.47 bits per heavy atom. The maximum Gasteiger partial charge on any atom is 0.166 e. The first-order valence-electron chi connectivity index (χ1n) is 9.84. The van der Waals surface area contributed by atoms with Gasteiger partial charge in [-0.3, -0.25) is 0 Å². The average molecular weight is 448 g/mol. The molecule has 0 aliphatic rings. The molecule has 0 bridgehead atoms. The van der Waals surface area contributed by atoms with Gasteiger partial charge < -0.3 is 14.8 Å². The summed E-state index contributed by atoms with van der Waals surface area (Å²) in [4.78, 5) is 0. The lowest BCUT2D eigenvalue weighted by atomic mass is 10.1. The minimum atomic E-state index is -0.179. The lowest BCUT2D eigenvalue weighted by molar-refractivity contribution is 0.266. The maximum atomic E-state index is 13.8. The van der Waals surface area contributed by atoms with E-state index in [1.807, 2.05) is 37.3 Å². The van der Waals surface area contributed by atoms with Crippen LogP contribution in [-0.2, 0) is 19.6 Å². The molecule has 0 spiro atoms. The van der Waals surface area contributed by atoms with E-state index in [0.717, 1.165) is 11.1 Å². The molecule has 0 aromatic heterocycles. The highest BCUT2D eigenvalue weighted by atomic mass is 35.5. The van der Waals surface area contributed by atoms with Crippen LogP contribution in [0.1, 0.15) is 23.6 Å². The summed E-state index contributed by atoms with van der Waals surface area (Å²) in [5, 5.41) is 4.50. The lowest BCUT2D eigenvalue weighted by Crippen LogP contribution is -2.18. The van der Waals surface area contributed by atoms with Crippen molar-refractivity contribution in [1.29, 1.82) is 0 Å². The molecule has 0 heterocycles. The zero-order valence-electron chi connectivity index (χ0n) is 16.8. The van der Waals surface area contributed by atoms with E-state index >= 15 is 0 Å². The van der Waals surface area contributed by atoms with Crippen LogP contribution in [0.4, 0.5) is 4.39 Å². The fourth-order valence-corrected chi connectivity index (χ4v) is 3.53. The van der Waals surface area contributed by atoms with Crippen molar-refractivity contribution >= 4 is 23.2 Å². The lowest BCUT2D eigenvalue weighted by Gasteiger charge is -2.17. The van der Waals surface area contributed by atoms with Crippen LogP contribution in [0, 0.1) is 5.82 Å². The van der Waals surface area contributed by atoms with Gasteiger partial charge in [0.2, 0.25) is 0 Å². The third kappa shape index (κ3) is 6.11. The molecule has 1 N–H and O–H groups in total. The first kappa shape index (κ1) is 22.4. The van der Waals surface area contributed by atoms with Crippen molar-refractivity contribution in [1.82, 2.24) is 5.32 Å². The van der Waals surface area contributed by atoms with Crippen molar-refractivity contribution in [3.8, 4) is 11.5 Å². The molecule has 0 amide bonds. The molecule has 0 atom stereocenters. The highest BCUT2D eigenvalue weighted by Crippen LogP contribution is 2.33. The van der Waals surface area contributed by atoms with Crippen LogP contribution in [0.25, 0.3) is 0 Å². The van der Waals surface area contributed by atoms with Crippen molar-refractivity contribution in [2.45, 2.75) is 26.5 Å². The summed E-state index contributed by atoms with van der Waals surface area (Å²) < 4.78 is 25.6. The Labute approximate surface area is 186 Å². The number of para-hydroxylation sites is 1. The van der Waals surface area contributed by atoms with Gasteiger partial charge in [0.1, 0.15) is 12.4 Å². The third-order valence-corrected chi connectivity index (χ3v) is 5.18. The Kier molecular flexibility index (Phi) is 8.38. The standard InChI is InChI=1S/C24H24Cl2FNO2/c1-2-29-23-9-5-7-18(15-28-13-12-17-6-3-4-8-22(17)27)24(23)30-16-19-10-11-20(25)14-21(19)26/h3-11,14,28H,2,12-13,15-16H2,1H3. The van der Waals surface area contributed by atoms with Crippen molar-refractivity contribution in [2.24, 2.45) is 0 Å². The Morgan fingerprint density at radius 1 is 0.900 bits per heavy atom. The predicted molar refractivity (Wildman–Crippen MR) is 120 cm³/mol. The number of hydrogen-bond acceptors (Lipinski definition) is 3. The molecule has 6 heteroatoms. The summed E-state index contributed by atoms with van der Waals surface area (Å²) in [6.07, 6.45) is 0.606. The minimum Gasteiger partial charge on any atom is -0.490 e. The second-order valence-electron chi connectivity index (χ2n) is 6.72. The maximum absolute atomic E-state index is 13.8. The summed E-state index contributed by atoms with van der Waals surface area (Å²) in [5.41, 5.74) is 2.49. The van der Waals surface area contributed by atoms with E-state index in [1.165, 1.54) is 6.07 Å². The molecule has 0 unspecified atom stereocenters. The molecular formula is C24H24Cl2FNO2. The molecule has 0 saturated heterocycles. The molecule has 30 heavy (non-hydrogen) atoms. The molecule has 0 aliphatic carbocycles. The van der Waals surface area contributed by atoms with Crippen LogP contribution in [0.3, 0.4) is 0 Å². The zero-order chi connectivity index (χ0) is 21.3. The van der Waals surface area contributed by atoms with E-state index in [9.17, 15) is 4.39 Å². The van der Waals surface area contributed by atoms with Crippen molar-refractivity contribution in [3.63, 3.8) is 0 Å². The predicted octanol–water partition coefficient (Wildman–Crippen LogP) is 6.44. The minimum absolute atomic E-state index is 0.179. The molecule has 0 saturated carbocycles. The van der Waals surface area contributed by atoms with Gasteiger partial charge in [0.15, 0.2) is 11.5 Å².